The van der Waals surface area contributed by atoms with E-state index in [1.165, 1.54) is 11.3 Å². The molecule has 138 valence electrons. The fourth-order valence-electron chi connectivity index (χ4n) is 2.10. The molecule has 2 rings (SSSR count). The van der Waals surface area contributed by atoms with Crippen LogP contribution >= 0.6 is 11.3 Å². The van der Waals surface area contributed by atoms with Crippen LogP contribution in [0.2, 0.25) is 0 Å². The summed E-state index contributed by atoms with van der Waals surface area (Å²) in [6.07, 6.45) is 1.66. The SMILES string of the molecule is Cc1ccc(NC(=O)CN(C)C(C)C(=O)Nc2sccc2C(N)=O)nc1. The minimum atomic E-state index is -0.604. The van der Waals surface area contributed by atoms with Crippen LogP contribution in [-0.4, -0.2) is 47.2 Å². The number of aryl methyl sites for hydroxylation is 1. The number of pyridine rings is 1. The molecule has 9 heteroatoms. The molecule has 1 atom stereocenters. The zero-order valence-corrected chi connectivity index (χ0v) is 15.6. The van der Waals surface area contributed by atoms with Crippen LogP contribution in [0.1, 0.15) is 22.8 Å². The first-order valence-electron chi connectivity index (χ1n) is 7.89. The number of hydrogen-bond donors (Lipinski definition) is 3. The van der Waals surface area contributed by atoms with Gasteiger partial charge in [-0.05, 0) is 44.0 Å². The quantitative estimate of drug-likeness (QED) is 0.677. The number of nitrogens with one attached hydrogen (secondary N) is 2. The van der Waals surface area contributed by atoms with Gasteiger partial charge in [0, 0.05) is 6.20 Å². The molecule has 0 radical (unpaired) electrons. The first kappa shape index (κ1) is 19.5. The van der Waals surface area contributed by atoms with Crippen molar-refractivity contribution < 1.29 is 14.4 Å². The highest BCUT2D eigenvalue weighted by Crippen LogP contribution is 2.23. The van der Waals surface area contributed by atoms with Crippen molar-refractivity contribution in [2.45, 2.75) is 19.9 Å². The molecule has 2 aromatic rings. The number of primary amides is 1. The van der Waals surface area contributed by atoms with E-state index in [1.807, 2.05) is 13.0 Å². The van der Waals surface area contributed by atoms with E-state index in [2.05, 4.69) is 15.6 Å². The second kappa shape index (κ2) is 8.54. The number of likely N-dealkylation sites (N-methyl/N-ethyl adjacent to an activating group) is 1. The molecule has 26 heavy (non-hydrogen) atoms. The van der Waals surface area contributed by atoms with Gasteiger partial charge in [0.05, 0.1) is 18.2 Å². The molecule has 2 heterocycles. The van der Waals surface area contributed by atoms with Gasteiger partial charge in [0.15, 0.2) is 0 Å². The molecule has 4 N–H and O–H groups in total. The van der Waals surface area contributed by atoms with Gasteiger partial charge in [0.2, 0.25) is 11.8 Å². The van der Waals surface area contributed by atoms with E-state index >= 15 is 0 Å². The van der Waals surface area contributed by atoms with E-state index in [-0.39, 0.29) is 23.9 Å². The zero-order chi connectivity index (χ0) is 19.3. The average molecular weight is 375 g/mol. The third-order valence-electron chi connectivity index (χ3n) is 3.78. The van der Waals surface area contributed by atoms with Gasteiger partial charge in [0.1, 0.15) is 10.8 Å². The van der Waals surface area contributed by atoms with Crippen LogP contribution in [-0.2, 0) is 9.59 Å². The summed E-state index contributed by atoms with van der Waals surface area (Å²) in [6, 6.07) is 4.53. The van der Waals surface area contributed by atoms with Gasteiger partial charge in [-0.2, -0.15) is 0 Å². The predicted molar refractivity (Wildman–Crippen MR) is 101 cm³/mol. The lowest BCUT2D eigenvalue weighted by Crippen LogP contribution is -2.43. The standard InChI is InChI=1S/C17H21N5O3S/c1-10-4-5-13(19-8-10)20-14(23)9-22(3)11(2)16(25)21-17-12(15(18)24)6-7-26-17/h4-8,11H,9H2,1-3H3,(H2,18,24)(H,21,25)(H,19,20,23). The number of anilines is 2. The number of thiophene rings is 1. The third-order valence-corrected chi connectivity index (χ3v) is 4.61. The molecule has 0 fully saturated rings. The van der Waals surface area contributed by atoms with E-state index in [0.29, 0.717) is 10.8 Å². The van der Waals surface area contributed by atoms with Crippen molar-refractivity contribution in [3.05, 3.63) is 40.9 Å². The van der Waals surface area contributed by atoms with E-state index in [0.717, 1.165) is 5.56 Å². The molecule has 0 spiro atoms. The van der Waals surface area contributed by atoms with Gasteiger partial charge in [-0.1, -0.05) is 6.07 Å². The topological polar surface area (TPSA) is 117 Å². The Hall–Kier alpha value is -2.78. The Morgan fingerprint density at radius 1 is 1.27 bits per heavy atom. The summed E-state index contributed by atoms with van der Waals surface area (Å²) in [5, 5.41) is 7.43. The minimum absolute atomic E-state index is 0.0112. The summed E-state index contributed by atoms with van der Waals surface area (Å²) in [7, 11) is 1.66. The summed E-state index contributed by atoms with van der Waals surface area (Å²) in [6.45, 7) is 3.59. The van der Waals surface area contributed by atoms with Crippen molar-refractivity contribution in [1.82, 2.24) is 9.88 Å². The van der Waals surface area contributed by atoms with Gasteiger partial charge in [-0.25, -0.2) is 4.98 Å². The molecule has 2 aromatic heterocycles. The van der Waals surface area contributed by atoms with Crippen molar-refractivity contribution in [2.75, 3.05) is 24.2 Å². The van der Waals surface area contributed by atoms with Crippen molar-refractivity contribution in [3.63, 3.8) is 0 Å². The molecule has 1 unspecified atom stereocenters. The first-order chi connectivity index (χ1) is 12.3. The van der Waals surface area contributed by atoms with Crippen molar-refractivity contribution in [2.24, 2.45) is 5.73 Å². The zero-order valence-electron chi connectivity index (χ0n) is 14.8. The van der Waals surface area contributed by atoms with Crippen LogP contribution in [0.5, 0.6) is 0 Å². The maximum Gasteiger partial charge on any atom is 0.251 e. The lowest BCUT2D eigenvalue weighted by atomic mass is 10.2. The number of aromatic nitrogens is 1. The summed E-state index contributed by atoms with van der Waals surface area (Å²) in [5.74, 6) is -0.764. The van der Waals surface area contributed by atoms with Gasteiger partial charge in [-0.3, -0.25) is 19.3 Å². The molecule has 3 amide bonds. The van der Waals surface area contributed by atoms with E-state index in [9.17, 15) is 14.4 Å². The molecule has 0 aromatic carbocycles. The summed E-state index contributed by atoms with van der Waals surface area (Å²) >= 11 is 1.21. The average Bonchev–Trinajstić information content (AvgIpc) is 3.04. The number of nitrogens with zero attached hydrogens (tertiary/aromatic N) is 2. The van der Waals surface area contributed by atoms with Crippen LogP contribution in [0.15, 0.2) is 29.8 Å². The van der Waals surface area contributed by atoms with Gasteiger partial charge >= 0.3 is 0 Å². The van der Waals surface area contributed by atoms with E-state index in [1.54, 1.807) is 42.6 Å². The van der Waals surface area contributed by atoms with Crippen LogP contribution < -0.4 is 16.4 Å². The van der Waals surface area contributed by atoms with Gasteiger partial charge in [0.25, 0.3) is 5.91 Å². The highest BCUT2D eigenvalue weighted by molar-refractivity contribution is 7.14. The number of carbonyl (C=O) groups excluding carboxylic acids is 3. The number of amides is 3. The predicted octanol–water partition coefficient (Wildman–Crippen LogP) is 1.45. The molecule has 8 nitrogen and oxygen atoms in total. The normalized spacial score (nSPS) is 11.8. The highest BCUT2D eigenvalue weighted by Gasteiger charge is 2.22. The molecular weight excluding hydrogens is 354 g/mol. The minimum Gasteiger partial charge on any atom is -0.366 e. The van der Waals surface area contributed by atoms with E-state index < -0.39 is 11.9 Å². The lowest BCUT2D eigenvalue weighted by molar-refractivity contribution is -0.122. The van der Waals surface area contributed by atoms with Crippen LogP contribution in [0, 0.1) is 6.92 Å². The van der Waals surface area contributed by atoms with E-state index in [4.69, 9.17) is 5.73 Å². The summed E-state index contributed by atoms with van der Waals surface area (Å²) in [4.78, 5) is 41.5. The molecular formula is C17H21N5O3S. The highest BCUT2D eigenvalue weighted by atomic mass is 32.1. The first-order valence-corrected chi connectivity index (χ1v) is 8.76. The van der Waals surface area contributed by atoms with Crippen LogP contribution in [0.25, 0.3) is 0 Å². The molecule has 0 saturated heterocycles. The maximum atomic E-state index is 12.4. The Kier molecular flexibility index (Phi) is 6.42. The van der Waals surface area contributed by atoms with Crippen molar-refractivity contribution in [1.29, 1.82) is 0 Å². The molecule has 0 aliphatic rings. The molecule has 0 aliphatic heterocycles. The van der Waals surface area contributed by atoms with Crippen LogP contribution in [0.4, 0.5) is 10.8 Å². The number of nitrogens with two attached hydrogens (primary N) is 1. The number of carbonyl (C=O) groups is 3. The summed E-state index contributed by atoms with van der Waals surface area (Å²) in [5.41, 5.74) is 6.53. The van der Waals surface area contributed by atoms with Crippen molar-refractivity contribution in [3.8, 4) is 0 Å². The fraction of sp³-hybridized carbons (Fsp3) is 0.294. The summed E-state index contributed by atoms with van der Waals surface area (Å²) < 4.78 is 0. The largest absolute Gasteiger partial charge is 0.366 e. The fourth-order valence-corrected chi connectivity index (χ4v) is 2.90. The van der Waals surface area contributed by atoms with Crippen LogP contribution in [0.3, 0.4) is 0 Å². The monoisotopic (exact) mass is 375 g/mol. The molecule has 0 bridgehead atoms. The second-order valence-electron chi connectivity index (χ2n) is 5.88. The Morgan fingerprint density at radius 3 is 2.62 bits per heavy atom. The number of rotatable bonds is 7. The Bertz CT molecular complexity index is 803. The second-order valence-corrected chi connectivity index (χ2v) is 6.79. The lowest BCUT2D eigenvalue weighted by Gasteiger charge is -2.23. The third kappa shape index (κ3) is 5.11. The van der Waals surface area contributed by atoms with Crippen molar-refractivity contribution >= 4 is 39.9 Å². The molecule has 0 saturated carbocycles. The van der Waals surface area contributed by atoms with Gasteiger partial charge in [-0.15, -0.1) is 11.3 Å². The maximum absolute atomic E-state index is 12.4. The van der Waals surface area contributed by atoms with Gasteiger partial charge < -0.3 is 16.4 Å². The smallest absolute Gasteiger partial charge is 0.251 e. The number of hydrogen-bond acceptors (Lipinski definition) is 6. The Morgan fingerprint density at radius 2 is 2.00 bits per heavy atom. The Labute approximate surface area is 155 Å². The molecule has 0 aliphatic carbocycles. The Balaban J connectivity index is 1.91.